The van der Waals surface area contributed by atoms with Gasteiger partial charge in [0.2, 0.25) is 0 Å². The van der Waals surface area contributed by atoms with Gasteiger partial charge in [-0.3, -0.25) is 9.78 Å². The highest BCUT2D eigenvalue weighted by Gasteiger charge is 2.15. The molecule has 0 spiro atoms. The highest BCUT2D eigenvalue weighted by atomic mass is 16.5. The zero-order valence-corrected chi connectivity index (χ0v) is 11.7. The predicted molar refractivity (Wildman–Crippen MR) is 76.2 cm³/mol. The summed E-state index contributed by atoms with van der Waals surface area (Å²) >= 11 is 0. The van der Waals surface area contributed by atoms with Gasteiger partial charge in [0.15, 0.2) is 0 Å². The van der Waals surface area contributed by atoms with Crippen LogP contribution in [0.4, 0.5) is 10.5 Å². The standard InChI is InChI=1S/C14H19N3O4/c18-13(19)8-10-3-4-11(9-16-10)17-14(20)15-6-5-12-2-1-7-21-12/h3-4,9,12H,1-2,5-8H2,(H,18,19)(H2,15,17,20). The Kier molecular flexibility index (Phi) is 5.51. The lowest BCUT2D eigenvalue weighted by atomic mass is 10.2. The number of carbonyl (C=O) groups is 2. The van der Waals surface area contributed by atoms with Crippen molar-refractivity contribution >= 4 is 17.7 Å². The first-order valence-electron chi connectivity index (χ1n) is 6.96. The van der Waals surface area contributed by atoms with Crippen LogP contribution in [0.1, 0.15) is 25.0 Å². The largest absolute Gasteiger partial charge is 0.481 e. The summed E-state index contributed by atoms with van der Waals surface area (Å²) in [4.78, 5) is 26.2. The minimum atomic E-state index is -0.935. The van der Waals surface area contributed by atoms with E-state index in [0.717, 1.165) is 25.9 Å². The fourth-order valence-corrected chi connectivity index (χ4v) is 2.15. The molecule has 21 heavy (non-hydrogen) atoms. The Morgan fingerprint density at radius 1 is 1.43 bits per heavy atom. The van der Waals surface area contributed by atoms with E-state index < -0.39 is 5.97 Å². The summed E-state index contributed by atoms with van der Waals surface area (Å²) in [6.45, 7) is 1.37. The van der Waals surface area contributed by atoms with E-state index in [9.17, 15) is 9.59 Å². The Bertz CT molecular complexity index is 483. The van der Waals surface area contributed by atoms with E-state index in [0.29, 0.717) is 17.9 Å². The maximum atomic E-state index is 11.7. The Morgan fingerprint density at radius 3 is 2.90 bits per heavy atom. The van der Waals surface area contributed by atoms with Crippen molar-refractivity contribution in [3.05, 3.63) is 24.0 Å². The number of nitrogens with one attached hydrogen (secondary N) is 2. The van der Waals surface area contributed by atoms with Gasteiger partial charge in [0, 0.05) is 13.2 Å². The zero-order valence-electron chi connectivity index (χ0n) is 11.7. The number of anilines is 1. The van der Waals surface area contributed by atoms with E-state index in [1.807, 2.05) is 0 Å². The predicted octanol–water partition coefficient (Wildman–Crippen LogP) is 1.40. The fraction of sp³-hybridized carbons (Fsp3) is 0.500. The van der Waals surface area contributed by atoms with Crippen molar-refractivity contribution in [3.8, 4) is 0 Å². The topological polar surface area (TPSA) is 101 Å². The summed E-state index contributed by atoms with van der Waals surface area (Å²) in [5, 5.41) is 14.0. The second kappa shape index (κ2) is 7.58. The van der Waals surface area contributed by atoms with Gasteiger partial charge in [0.05, 0.1) is 30.1 Å². The number of carbonyl (C=O) groups excluding carboxylic acids is 1. The van der Waals surface area contributed by atoms with Crippen LogP contribution in [0.2, 0.25) is 0 Å². The number of pyridine rings is 1. The van der Waals surface area contributed by atoms with Crippen LogP contribution in [0.3, 0.4) is 0 Å². The molecular weight excluding hydrogens is 274 g/mol. The summed E-state index contributed by atoms with van der Waals surface area (Å²) < 4.78 is 5.47. The number of amides is 2. The summed E-state index contributed by atoms with van der Waals surface area (Å²) in [5.41, 5.74) is 0.977. The Balaban J connectivity index is 1.70. The fourth-order valence-electron chi connectivity index (χ4n) is 2.15. The molecule has 2 rings (SSSR count). The number of urea groups is 1. The normalized spacial score (nSPS) is 17.4. The van der Waals surface area contributed by atoms with Gasteiger partial charge in [0.1, 0.15) is 0 Å². The lowest BCUT2D eigenvalue weighted by molar-refractivity contribution is -0.136. The molecule has 0 bridgehead atoms. The number of aliphatic carboxylic acids is 1. The molecule has 0 aliphatic carbocycles. The van der Waals surface area contributed by atoms with Crippen molar-refractivity contribution in [2.24, 2.45) is 0 Å². The molecule has 7 heteroatoms. The molecule has 1 aromatic heterocycles. The van der Waals surface area contributed by atoms with Crippen LogP contribution in [0, 0.1) is 0 Å². The van der Waals surface area contributed by atoms with Crippen LogP contribution >= 0.6 is 0 Å². The number of ether oxygens (including phenoxy) is 1. The Morgan fingerprint density at radius 2 is 2.29 bits per heavy atom. The first-order chi connectivity index (χ1) is 10.1. The summed E-state index contributed by atoms with van der Waals surface area (Å²) in [5.74, 6) is -0.935. The van der Waals surface area contributed by atoms with Crippen molar-refractivity contribution in [1.29, 1.82) is 0 Å². The Labute approximate surface area is 122 Å². The highest BCUT2D eigenvalue weighted by molar-refractivity contribution is 5.89. The average molecular weight is 293 g/mol. The summed E-state index contributed by atoms with van der Waals surface area (Å²) in [6.07, 6.45) is 4.51. The Hall–Kier alpha value is -2.15. The second-order valence-electron chi connectivity index (χ2n) is 4.91. The molecule has 1 aliphatic heterocycles. The second-order valence-corrected chi connectivity index (χ2v) is 4.91. The van der Waals surface area contributed by atoms with Gasteiger partial charge in [0.25, 0.3) is 0 Å². The van der Waals surface area contributed by atoms with Crippen LogP contribution in [0.25, 0.3) is 0 Å². The van der Waals surface area contributed by atoms with Crippen LogP contribution in [-0.2, 0) is 16.0 Å². The monoisotopic (exact) mass is 293 g/mol. The molecule has 3 N–H and O–H groups in total. The molecule has 1 fully saturated rings. The lowest BCUT2D eigenvalue weighted by Crippen LogP contribution is -2.31. The first-order valence-corrected chi connectivity index (χ1v) is 6.96. The minimum absolute atomic E-state index is 0.131. The molecule has 114 valence electrons. The first kappa shape index (κ1) is 15.2. The third-order valence-corrected chi connectivity index (χ3v) is 3.19. The zero-order chi connectivity index (χ0) is 15.1. The molecule has 7 nitrogen and oxygen atoms in total. The molecule has 2 heterocycles. The molecule has 1 aliphatic rings. The molecule has 0 aromatic carbocycles. The third kappa shape index (κ3) is 5.39. The smallest absolute Gasteiger partial charge is 0.319 e. The lowest BCUT2D eigenvalue weighted by Gasteiger charge is -2.11. The van der Waals surface area contributed by atoms with Crippen molar-refractivity contribution in [2.45, 2.75) is 31.8 Å². The van der Waals surface area contributed by atoms with Gasteiger partial charge in [-0.1, -0.05) is 0 Å². The summed E-state index contributed by atoms with van der Waals surface area (Å²) in [7, 11) is 0. The van der Waals surface area contributed by atoms with Crippen LogP contribution < -0.4 is 10.6 Å². The molecule has 1 unspecified atom stereocenters. The quantitative estimate of drug-likeness (QED) is 0.736. The van der Waals surface area contributed by atoms with E-state index in [4.69, 9.17) is 9.84 Å². The van der Waals surface area contributed by atoms with Crippen LogP contribution in [0.15, 0.2) is 18.3 Å². The third-order valence-electron chi connectivity index (χ3n) is 3.19. The number of hydrogen-bond donors (Lipinski definition) is 3. The number of rotatable bonds is 6. The van der Waals surface area contributed by atoms with Gasteiger partial charge < -0.3 is 20.5 Å². The van der Waals surface area contributed by atoms with Gasteiger partial charge in [-0.15, -0.1) is 0 Å². The SMILES string of the molecule is O=C(O)Cc1ccc(NC(=O)NCCC2CCCO2)cn1. The van der Waals surface area contributed by atoms with E-state index in [-0.39, 0.29) is 18.6 Å². The van der Waals surface area contributed by atoms with Crippen LogP contribution in [-0.4, -0.2) is 41.3 Å². The maximum absolute atomic E-state index is 11.7. The maximum Gasteiger partial charge on any atom is 0.319 e. The number of hydrogen-bond acceptors (Lipinski definition) is 4. The van der Waals surface area contributed by atoms with Crippen molar-refractivity contribution in [3.63, 3.8) is 0 Å². The molecule has 0 radical (unpaired) electrons. The van der Waals surface area contributed by atoms with Crippen molar-refractivity contribution in [1.82, 2.24) is 10.3 Å². The van der Waals surface area contributed by atoms with E-state index in [1.54, 1.807) is 12.1 Å². The number of nitrogens with zero attached hydrogens (tertiary/aromatic N) is 1. The van der Waals surface area contributed by atoms with Gasteiger partial charge in [-0.05, 0) is 31.4 Å². The van der Waals surface area contributed by atoms with Crippen molar-refractivity contribution < 1.29 is 19.4 Å². The molecule has 1 saturated heterocycles. The van der Waals surface area contributed by atoms with Gasteiger partial charge in [-0.2, -0.15) is 0 Å². The molecule has 1 aromatic rings. The van der Waals surface area contributed by atoms with E-state index in [2.05, 4.69) is 15.6 Å². The van der Waals surface area contributed by atoms with Gasteiger partial charge >= 0.3 is 12.0 Å². The number of aromatic nitrogens is 1. The van der Waals surface area contributed by atoms with Crippen molar-refractivity contribution in [2.75, 3.05) is 18.5 Å². The number of carboxylic acids is 1. The van der Waals surface area contributed by atoms with Gasteiger partial charge in [-0.25, -0.2) is 4.79 Å². The number of carboxylic acid groups (broad SMARTS) is 1. The summed E-state index contributed by atoms with van der Waals surface area (Å²) in [6, 6.07) is 2.90. The average Bonchev–Trinajstić information content (AvgIpc) is 2.93. The van der Waals surface area contributed by atoms with Crippen LogP contribution in [0.5, 0.6) is 0 Å². The minimum Gasteiger partial charge on any atom is -0.481 e. The highest BCUT2D eigenvalue weighted by Crippen LogP contribution is 2.14. The van der Waals surface area contributed by atoms with E-state index in [1.165, 1.54) is 6.20 Å². The van der Waals surface area contributed by atoms with E-state index >= 15 is 0 Å². The molecule has 1 atom stereocenters. The molecular formula is C14H19N3O4. The molecule has 2 amide bonds. The molecule has 0 saturated carbocycles.